The lowest BCUT2D eigenvalue weighted by molar-refractivity contribution is -0.384. The number of nitrogens with zero attached hydrogens (tertiary/aromatic N) is 1. The van der Waals surface area contributed by atoms with E-state index in [0.29, 0.717) is 50.2 Å². The molecule has 19 heteroatoms. The van der Waals surface area contributed by atoms with E-state index < -0.39 is 34.8 Å². The van der Waals surface area contributed by atoms with Crippen LogP contribution in [0.5, 0.6) is 63.2 Å². The molecular formula is C57H57NO18. The molecule has 398 valence electrons. The molecule has 0 atom stereocenters. The molecule has 0 aliphatic carbocycles. The molecular weight excluding hydrogens is 987 g/mol. The van der Waals surface area contributed by atoms with E-state index in [0.717, 1.165) is 0 Å². The van der Waals surface area contributed by atoms with E-state index in [1.165, 1.54) is 110 Å². The van der Waals surface area contributed by atoms with E-state index >= 15 is 0 Å². The van der Waals surface area contributed by atoms with E-state index in [2.05, 4.69) is 0 Å². The monoisotopic (exact) mass is 1040 g/mol. The zero-order valence-corrected chi connectivity index (χ0v) is 42.8. The van der Waals surface area contributed by atoms with Gasteiger partial charge in [-0.15, -0.1) is 0 Å². The molecule has 0 heterocycles. The molecule has 0 fully saturated rings. The summed E-state index contributed by atoms with van der Waals surface area (Å²) in [5.74, 6) is -2.72. The summed E-state index contributed by atoms with van der Waals surface area (Å²) >= 11 is 0. The Balaban J connectivity index is 1.17. The Kier molecular flexibility index (Phi) is 20.5. The number of non-ortho nitro benzene ring substituents is 1. The van der Waals surface area contributed by atoms with Gasteiger partial charge < -0.3 is 52.1 Å². The zero-order valence-electron chi connectivity index (χ0n) is 42.8. The van der Waals surface area contributed by atoms with Crippen molar-refractivity contribution >= 4 is 35.5 Å². The fourth-order valence-corrected chi connectivity index (χ4v) is 6.84. The van der Waals surface area contributed by atoms with Crippen LogP contribution in [0, 0.1) is 10.1 Å². The van der Waals surface area contributed by atoms with Gasteiger partial charge in [-0.05, 0) is 105 Å². The third-order valence-electron chi connectivity index (χ3n) is 10.5. The fraction of sp³-hybridized carbons (Fsp3) is 0.281. The number of hydrogen-bond acceptors (Lipinski definition) is 18. The highest BCUT2D eigenvalue weighted by atomic mass is 16.6. The molecule has 0 spiro atoms. The molecule has 0 radical (unpaired) electrons. The summed E-state index contributed by atoms with van der Waals surface area (Å²) in [6, 6.07) is 26.3. The van der Waals surface area contributed by atoms with E-state index in [9.17, 15) is 34.1 Å². The maximum atomic E-state index is 13.8. The molecule has 6 aromatic rings. The van der Waals surface area contributed by atoms with E-state index in [4.69, 9.17) is 52.1 Å². The number of ether oxygens (including phenoxy) is 11. The highest BCUT2D eigenvalue weighted by Crippen LogP contribution is 2.34. The molecule has 6 rings (SSSR count). The van der Waals surface area contributed by atoms with Crippen molar-refractivity contribution in [3.63, 3.8) is 0 Å². The Morgan fingerprint density at radius 2 is 0.579 bits per heavy atom. The van der Waals surface area contributed by atoms with Crippen LogP contribution < -0.4 is 52.1 Å². The minimum absolute atomic E-state index is 0.00724. The van der Waals surface area contributed by atoms with Gasteiger partial charge in [-0.25, -0.2) is 24.0 Å². The second-order valence-corrected chi connectivity index (χ2v) is 16.4. The van der Waals surface area contributed by atoms with Crippen LogP contribution >= 0.6 is 0 Å². The number of nitro groups is 1. The van der Waals surface area contributed by atoms with Gasteiger partial charge in [-0.1, -0.05) is 34.6 Å². The van der Waals surface area contributed by atoms with Crippen molar-refractivity contribution in [2.45, 2.75) is 66.7 Å². The van der Waals surface area contributed by atoms with Crippen LogP contribution in [0.2, 0.25) is 0 Å². The van der Waals surface area contributed by atoms with Gasteiger partial charge in [0.25, 0.3) is 5.69 Å². The number of rotatable bonds is 27. The predicted octanol–water partition coefficient (Wildman–Crippen LogP) is 11.6. The van der Waals surface area contributed by atoms with Crippen LogP contribution in [-0.2, 0) is 0 Å². The Morgan fingerprint density at radius 1 is 0.355 bits per heavy atom. The second kappa shape index (κ2) is 27.8. The average molecular weight is 1040 g/mol. The first-order chi connectivity index (χ1) is 36.8. The molecule has 0 unspecified atom stereocenters. The van der Waals surface area contributed by atoms with Crippen molar-refractivity contribution in [1.29, 1.82) is 0 Å². The molecule has 76 heavy (non-hydrogen) atoms. The van der Waals surface area contributed by atoms with Gasteiger partial charge in [0.1, 0.15) is 91.1 Å². The minimum atomic E-state index is -0.841. The first-order valence-corrected chi connectivity index (χ1v) is 24.5. The number of hydrogen-bond donors (Lipinski definition) is 0. The number of esters is 5. The highest BCUT2D eigenvalue weighted by Gasteiger charge is 2.25. The number of benzene rings is 6. The van der Waals surface area contributed by atoms with Crippen molar-refractivity contribution in [2.24, 2.45) is 0 Å². The number of carbonyl (C=O) groups is 5. The van der Waals surface area contributed by atoms with Crippen LogP contribution in [0.4, 0.5) is 5.69 Å². The molecule has 0 bridgehead atoms. The van der Waals surface area contributed by atoms with Gasteiger partial charge in [-0.2, -0.15) is 0 Å². The van der Waals surface area contributed by atoms with E-state index in [-0.39, 0.29) is 112 Å². The molecule has 0 aliphatic rings. The Labute approximate surface area is 438 Å². The fourth-order valence-electron chi connectivity index (χ4n) is 6.84. The molecule has 0 amide bonds. The summed E-state index contributed by atoms with van der Waals surface area (Å²) in [7, 11) is 1.51. The molecule has 6 aromatic carbocycles. The predicted molar refractivity (Wildman–Crippen MR) is 276 cm³/mol. The molecule has 0 saturated heterocycles. The number of methoxy groups -OCH3 is 1. The van der Waals surface area contributed by atoms with Gasteiger partial charge in [0.2, 0.25) is 0 Å². The van der Waals surface area contributed by atoms with Gasteiger partial charge in [0.05, 0.1) is 45.1 Å². The first-order valence-electron chi connectivity index (χ1n) is 24.5. The SMILES string of the molecule is CCCOc1cc(OC)ccc1C(=O)Oc1ccc(C(=O)Oc2ccc(C(=O)Oc3ccc(C(=O)Oc4ccc(C(=O)Oc5ccc([N+](=O)[O-])cc5)c(OCCC)c4)c(OCCC)c3)c(OCCC)c2)c(OCCC)c1. The maximum absolute atomic E-state index is 13.8. The lowest BCUT2D eigenvalue weighted by Gasteiger charge is -2.16. The summed E-state index contributed by atoms with van der Waals surface area (Å²) in [6.45, 7) is 10.6. The average Bonchev–Trinajstić information content (AvgIpc) is 3.42. The van der Waals surface area contributed by atoms with Crippen LogP contribution in [0.3, 0.4) is 0 Å². The summed E-state index contributed by atoms with van der Waals surface area (Å²) in [5.41, 5.74) is 0.0212. The van der Waals surface area contributed by atoms with Crippen LogP contribution in [0.1, 0.15) is 119 Å². The summed E-state index contributed by atoms with van der Waals surface area (Å²) < 4.78 is 63.0. The highest BCUT2D eigenvalue weighted by molar-refractivity contribution is 5.98. The van der Waals surface area contributed by atoms with Gasteiger partial charge in [0.15, 0.2) is 0 Å². The van der Waals surface area contributed by atoms with Gasteiger partial charge >= 0.3 is 29.8 Å². The zero-order chi connectivity index (χ0) is 54.6. The van der Waals surface area contributed by atoms with Crippen molar-refractivity contribution in [3.05, 3.63) is 153 Å². The third kappa shape index (κ3) is 15.2. The van der Waals surface area contributed by atoms with Crippen LogP contribution in [-0.4, -0.2) is 74.9 Å². The second-order valence-electron chi connectivity index (χ2n) is 16.4. The molecule has 0 aliphatic heterocycles. The Morgan fingerprint density at radius 3 is 0.816 bits per heavy atom. The normalized spacial score (nSPS) is 10.6. The molecule has 0 saturated carbocycles. The third-order valence-corrected chi connectivity index (χ3v) is 10.5. The summed E-state index contributed by atoms with van der Waals surface area (Å²) in [4.78, 5) is 78.3. The van der Waals surface area contributed by atoms with E-state index in [1.807, 2.05) is 34.6 Å². The van der Waals surface area contributed by atoms with Crippen LogP contribution in [0.15, 0.2) is 115 Å². The van der Waals surface area contributed by atoms with Crippen molar-refractivity contribution in [1.82, 2.24) is 0 Å². The van der Waals surface area contributed by atoms with Gasteiger partial charge in [-0.3, -0.25) is 10.1 Å². The number of nitro benzene ring substituents is 1. The quantitative estimate of drug-likeness (QED) is 0.0202. The molecule has 0 N–H and O–H groups in total. The lowest BCUT2D eigenvalue weighted by Crippen LogP contribution is -2.15. The smallest absolute Gasteiger partial charge is 0.347 e. The molecule has 0 aromatic heterocycles. The Hall–Kier alpha value is -9.13. The largest absolute Gasteiger partial charge is 0.497 e. The van der Waals surface area contributed by atoms with Crippen molar-refractivity contribution in [2.75, 3.05) is 40.1 Å². The standard InChI is InChI=1S/C57H57NO18/c1-7-26-67-48-31-38(66-6)16-21-43(48)54(60)73-40-18-23-45(50(33-40)69-28-9-3)56(62)75-42-20-25-47(52(35-42)71-30-11-5)57(63)76-41-19-24-46(51(34-41)70-29-10-4)55(61)74-39-17-22-44(49(32-39)68-27-8-2)53(59)72-37-14-12-36(13-15-37)58(64)65/h12-25,31-35H,7-11,26-30H2,1-6H3. The van der Waals surface area contributed by atoms with Gasteiger partial charge in [0, 0.05) is 42.5 Å². The van der Waals surface area contributed by atoms with Crippen molar-refractivity contribution < 1.29 is 81.0 Å². The maximum Gasteiger partial charge on any atom is 0.347 e. The van der Waals surface area contributed by atoms with Crippen LogP contribution in [0.25, 0.3) is 0 Å². The summed E-state index contributed by atoms with van der Waals surface area (Å²) in [5, 5.41) is 11.0. The topological polar surface area (TPSA) is 230 Å². The number of carbonyl (C=O) groups excluding carboxylic acids is 5. The van der Waals surface area contributed by atoms with E-state index in [1.54, 1.807) is 12.1 Å². The molecule has 19 nitrogen and oxygen atoms in total. The first kappa shape index (κ1) is 56.2. The Bertz CT molecular complexity index is 3020. The minimum Gasteiger partial charge on any atom is -0.497 e. The summed E-state index contributed by atoms with van der Waals surface area (Å²) in [6.07, 6.45) is 3.04. The van der Waals surface area contributed by atoms with Crippen molar-refractivity contribution in [3.8, 4) is 63.2 Å². The lowest BCUT2D eigenvalue weighted by atomic mass is 10.1.